The van der Waals surface area contributed by atoms with Gasteiger partial charge in [-0.25, -0.2) is 9.69 Å². The molecule has 4 rings (SSSR count). The molecule has 3 amide bonds. The van der Waals surface area contributed by atoms with Crippen molar-refractivity contribution >= 4 is 41.6 Å². The number of aromatic nitrogens is 2. The zero-order chi connectivity index (χ0) is 19.0. The van der Waals surface area contributed by atoms with Gasteiger partial charge in [-0.2, -0.15) is 4.98 Å². The van der Waals surface area contributed by atoms with Crippen LogP contribution < -0.4 is 16.0 Å². The maximum Gasteiger partial charge on any atom is 0.329 e. The number of hydrogen-bond acceptors (Lipinski definition) is 6. The summed E-state index contributed by atoms with van der Waals surface area (Å²) in [5.74, 6) is 0.640. The third-order valence-electron chi connectivity index (χ3n) is 5.16. The van der Waals surface area contributed by atoms with E-state index < -0.39 is 17.6 Å². The second-order valence-electron chi connectivity index (χ2n) is 7.07. The van der Waals surface area contributed by atoms with E-state index in [9.17, 15) is 9.59 Å². The number of imide groups is 1. The molecule has 1 unspecified atom stereocenters. The Morgan fingerprint density at radius 3 is 2.61 bits per heavy atom. The Morgan fingerprint density at radius 2 is 1.93 bits per heavy atom. The van der Waals surface area contributed by atoms with E-state index in [2.05, 4.69) is 15.5 Å². The highest BCUT2D eigenvalue weighted by molar-refractivity contribution is 6.30. The Morgan fingerprint density at radius 1 is 1.25 bits per heavy atom. The van der Waals surface area contributed by atoms with Crippen molar-refractivity contribution in [1.29, 1.82) is 0 Å². The van der Waals surface area contributed by atoms with Crippen LogP contribution in [0.5, 0.6) is 0 Å². The third-order valence-corrected chi connectivity index (χ3v) is 5.41. The summed E-state index contributed by atoms with van der Waals surface area (Å²) in [7, 11) is 0. The van der Waals surface area contributed by atoms with E-state index in [1.807, 2.05) is 0 Å². The summed E-state index contributed by atoms with van der Waals surface area (Å²) in [6, 6.07) is 5.45. The Kier molecular flexibility index (Phi) is 5.92. The first-order valence-corrected chi connectivity index (χ1v) is 9.36. The molecular formula is C18H21Cl2N5O3. The summed E-state index contributed by atoms with van der Waals surface area (Å²) in [4.78, 5) is 30.3. The van der Waals surface area contributed by atoms with Gasteiger partial charge >= 0.3 is 6.03 Å². The van der Waals surface area contributed by atoms with Gasteiger partial charge in [-0.05, 0) is 43.5 Å². The van der Waals surface area contributed by atoms with Gasteiger partial charge in [-0.15, -0.1) is 12.4 Å². The van der Waals surface area contributed by atoms with Gasteiger partial charge < -0.3 is 15.6 Å². The van der Waals surface area contributed by atoms with Gasteiger partial charge in [0.1, 0.15) is 6.04 Å². The first-order chi connectivity index (χ1) is 13.0. The second kappa shape index (κ2) is 8.06. The van der Waals surface area contributed by atoms with Crippen LogP contribution in [0.15, 0.2) is 28.8 Å². The number of amides is 3. The molecule has 1 aliphatic carbocycles. The monoisotopic (exact) mass is 425 g/mol. The molecule has 2 heterocycles. The standard InChI is InChI=1S/C18H20ClN5O3.ClH/c19-11-3-5-12(6-4-11)24-15(25)13(21-17(24)26)7-8-14-22-16(23-27-14)18(20)9-1-2-10-18;/h3-6,13H,1-2,7-10,20H2,(H,21,26);1H. The Hall–Kier alpha value is -2.16. The van der Waals surface area contributed by atoms with E-state index in [4.69, 9.17) is 21.9 Å². The number of nitrogens with two attached hydrogens (primary N) is 1. The molecule has 0 spiro atoms. The number of nitrogens with one attached hydrogen (secondary N) is 1. The molecule has 150 valence electrons. The fraction of sp³-hybridized carbons (Fsp3) is 0.444. The highest BCUT2D eigenvalue weighted by Gasteiger charge is 2.39. The van der Waals surface area contributed by atoms with E-state index >= 15 is 0 Å². The Bertz CT molecular complexity index is 864. The topological polar surface area (TPSA) is 114 Å². The highest BCUT2D eigenvalue weighted by Crippen LogP contribution is 2.34. The molecule has 2 aromatic rings. The van der Waals surface area contributed by atoms with Crippen LogP contribution in [0.25, 0.3) is 0 Å². The molecule has 3 N–H and O–H groups in total. The average Bonchev–Trinajstić information content (AvgIpc) is 3.35. The lowest BCUT2D eigenvalue weighted by molar-refractivity contribution is -0.118. The SMILES string of the molecule is Cl.NC1(c2noc(CCC3NC(=O)N(c4ccc(Cl)cc4)C3=O)n2)CCCC1. The number of urea groups is 1. The van der Waals surface area contributed by atoms with Crippen LogP contribution in [0.2, 0.25) is 5.02 Å². The van der Waals surface area contributed by atoms with E-state index in [-0.39, 0.29) is 18.3 Å². The number of hydrogen-bond donors (Lipinski definition) is 2. The summed E-state index contributed by atoms with van der Waals surface area (Å²) >= 11 is 5.86. The zero-order valence-corrected chi connectivity index (χ0v) is 16.6. The molecule has 2 aliphatic rings. The quantitative estimate of drug-likeness (QED) is 0.711. The number of anilines is 1. The van der Waals surface area contributed by atoms with Gasteiger partial charge in [0.15, 0.2) is 5.82 Å². The zero-order valence-electron chi connectivity index (χ0n) is 15.1. The molecule has 1 aliphatic heterocycles. The van der Waals surface area contributed by atoms with E-state index in [0.29, 0.717) is 35.3 Å². The molecule has 28 heavy (non-hydrogen) atoms. The molecule has 0 radical (unpaired) electrons. The number of carbonyl (C=O) groups excluding carboxylic acids is 2. The van der Waals surface area contributed by atoms with Crippen molar-refractivity contribution in [2.24, 2.45) is 5.73 Å². The molecule has 0 bridgehead atoms. The van der Waals surface area contributed by atoms with Gasteiger partial charge in [0, 0.05) is 11.4 Å². The van der Waals surface area contributed by atoms with Crippen LogP contribution in [-0.2, 0) is 16.8 Å². The normalized spacial score (nSPS) is 20.9. The fourth-order valence-electron chi connectivity index (χ4n) is 3.62. The maximum absolute atomic E-state index is 12.6. The molecule has 1 aromatic heterocycles. The number of halogens is 2. The number of nitrogens with zero attached hydrogens (tertiary/aromatic N) is 3. The van der Waals surface area contributed by atoms with Crippen LogP contribution in [-0.4, -0.2) is 28.1 Å². The number of rotatable bonds is 5. The summed E-state index contributed by atoms with van der Waals surface area (Å²) in [5.41, 5.74) is 6.31. The summed E-state index contributed by atoms with van der Waals surface area (Å²) in [5, 5.41) is 7.25. The molecule has 1 saturated heterocycles. The largest absolute Gasteiger partial charge is 0.339 e. The minimum Gasteiger partial charge on any atom is -0.339 e. The van der Waals surface area contributed by atoms with Crippen LogP contribution >= 0.6 is 24.0 Å². The molecule has 1 aromatic carbocycles. The second-order valence-corrected chi connectivity index (χ2v) is 7.50. The third kappa shape index (κ3) is 3.85. The van der Waals surface area contributed by atoms with E-state index in [0.717, 1.165) is 30.6 Å². The summed E-state index contributed by atoms with van der Waals surface area (Å²) in [6.07, 6.45) is 4.56. The first kappa shape index (κ1) is 20.6. The number of carbonyl (C=O) groups is 2. The van der Waals surface area contributed by atoms with Crippen molar-refractivity contribution < 1.29 is 14.1 Å². The van der Waals surface area contributed by atoms with Crippen LogP contribution in [0.3, 0.4) is 0 Å². The predicted molar refractivity (Wildman–Crippen MR) is 105 cm³/mol. The molecule has 10 heteroatoms. The molecule has 1 atom stereocenters. The van der Waals surface area contributed by atoms with Crippen LogP contribution in [0.1, 0.15) is 43.8 Å². The van der Waals surface area contributed by atoms with Gasteiger partial charge in [0.2, 0.25) is 5.89 Å². The summed E-state index contributed by atoms with van der Waals surface area (Å²) < 4.78 is 5.30. The fourth-order valence-corrected chi connectivity index (χ4v) is 3.74. The molecule has 8 nitrogen and oxygen atoms in total. The van der Waals surface area contributed by atoms with Crippen molar-refractivity contribution in [2.75, 3.05) is 4.90 Å². The number of benzene rings is 1. The Labute approximate surface area is 173 Å². The average molecular weight is 426 g/mol. The molecule has 1 saturated carbocycles. The Balaban J connectivity index is 0.00000225. The van der Waals surface area contributed by atoms with Crippen molar-refractivity contribution in [1.82, 2.24) is 15.5 Å². The maximum atomic E-state index is 12.6. The predicted octanol–water partition coefficient (Wildman–Crippen LogP) is 2.93. The summed E-state index contributed by atoms with van der Waals surface area (Å²) in [6.45, 7) is 0. The minimum atomic E-state index is -0.637. The lowest BCUT2D eigenvalue weighted by atomic mass is 9.99. The van der Waals surface area contributed by atoms with Gasteiger partial charge in [-0.1, -0.05) is 29.6 Å². The van der Waals surface area contributed by atoms with Gasteiger partial charge in [0.25, 0.3) is 5.91 Å². The van der Waals surface area contributed by atoms with Crippen LogP contribution in [0.4, 0.5) is 10.5 Å². The van der Waals surface area contributed by atoms with Crippen molar-refractivity contribution in [3.8, 4) is 0 Å². The smallest absolute Gasteiger partial charge is 0.329 e. The van der Waals surface area contributed by atoms with Crippen molar-refractivity contribution in [3.63, 3.8) is 0 Å². The molecule has 2 fully saturated rings. The van der Waals surface area contributed by atoms with Crippen LogP contribution in [0, 0.1) is 0 Å². The highest BCUT2D eigenvalue weighted by atomic mass is 35.5. The first-order valence-electron chi connectivity index (χ1n) is 8.98. The lowest BCUT2D eigenvalue weighted by Gasteiger charge is -2.17. The lowest BCUT2D eigenvalue weighted by Crippen LogP contribution is -2.34. The van der Waals surface area contributed by atoms with Gasteiger partial charge in [-0.3, -0.25) is 4.79 Å². The van der Waals surface area contributed by atoms with Gasteiger partial charge in [0.05, 0.1) is 11.2 Å². The number of aryl methyl sites for hydroxylation is 1. The van der Waals surface area contributed by atoms with E-state index in [1.54, 1.807) is 24.3 Å². The molecular weight excluding hydrogens is 405 g/mol. The van der Waals surface area contributed by atoms with Crippen molar-refractivity contribution in [2.45, 2.75) is 50.1 Å². The van der Waals surface area contributed by atoms with E-state index in [1.165, 1.54) is 0 Å². The minimum absolute atomic E-state index is 0. The van der Waals surface area contributed by atoms with Crippen molar-refractivity contribution in [3.05, 3.63) is 41.0 Å².